The van der Waals surface area contributed by atoms with E-state index in [1.165, 1.54) is 23.8 Å². The van der Waals surface area contributed by atoms with E-state index < -0.39 is 0 Å². The van der Waals surface area contributed by atoms with Gasteiger partial charge in [0.2, 0.25) is 0 Å². The molecule has 0 unspecified atom stereocenters. The van der Waals surface area contributed by atoms with Gasteiger partial charge in [-0.3, -0.25) is 0 Å². The predicted molar refractivity (Wildman–Crippen MR) is 67.5 cm³/mol. The first kappa shape index (κ1) is 10.7. The molecule has 0 radical (unpaired) electrons. The van der Waals surface area contributed by atoms with Crippen molar-refractivity contribution in [2.75, 3.05) is 14.2 Å². The molecule has 0 aliphatic heterocycles. The molecule has 0 amide bonds. The van der Waals surface area contributed by atoms with E-state index in [2.05, 4.69) is 11.4 Å². The van der Waals surface area contributed by atoms with Crippen LogP contribution in [0.3, 0.4) is 0 Å². The van der Waals surface area contributed by atoms with Crippen LogP contribution in [-0.2, 0) is 6.54 Å². The molecule has 0 saturated heterocycles. The van der Waals surface area contributed by atoms with Crippen LogP contribution < -0.4 is 10.1 Å². The number of hydrogen-bond acceptors (Lipinski definition) is 3. The Morgan fingerprint density at radius 3 is 2.88 bits per heavy atom. The zero-order valence-electron chi connectivity index (χ0n) is 10.2. The molecule has 1 heterocycles. The van der Waals surface area contributed by atoms with Crippen LogP contribution in [0.4, 0.5) is 0 Å². The molecule has 1 aliphatic carbocycles. The van der Waals surface area contributed by atoms with Crippen LogP contribution in [0.1, 0.15) is 30.1 Å². The Bertz CT molecular complexity index is 540. The topological polar surface area (TPSA) is 34.4 Å². The number of furan rings is 1. The molecule has 0 bridgehead atoms. The summed E-state index contributed by atoms with van der Waals surface area (Å²) in [6.45, 7) is 0.781. The first-order chi connectivity index (χ1) is 8.35. The molecule has 0 atom stereocenters. The number of rotatable bonds is 4. The van der Waals surface area contributed by atoms with Crippen molar-refractivity contribution in [1.29, 1.82) is 0 Å². The first-order valence-corrected chi connectivity index (χ1v) is 6.08. The average molecular weight is 231 g/mol. The van der Waals surface area contributed by atoms with Gasteiger partial charge in [-0.1, -0.05) is 12.1 Å². The lowest BCUT2D eigenvalue weighted by Gasteiger charge is -2.00. The smallest absolute Gasteiger partial charge is 0.176 e. The second-order valence-corrected chi connectivity index (χ2v) is 4.58. The van der Waals surface area contributed by atoms with Gasteiger partial charge in [-0.25, -0.2) is 0 Å². The van der Waals surface area contributed by atoms with Gasteiger partial charge in [0.1, 0.15) is 5.76 Å². The van der Waals surface area contributed by atoms with E-state index in [0.717, 1.165) is 23.6 Å². The minimum Gasteiger partial charge on any atom is -0.493 e. The quantitative estimate of drug-likeness (QED) is 0.878. The summed E-state index contributed by atoms with van der Waals surface area (Å²) in [7, 11) is 3.63. The third-order valence-electron chi connectivity index (χ3n) is 3.34. The lowest BCUT2D eigenvalue weighted by molar-refractivity contribution is 0.406. The highest BCUT2D eigenvalue weighted by molar-refractivity contribution is 5.88. The molecule has 1 aliphatic rings. The molecular formula is C14H17NO2. The Balaban J connectivity index is 2.22. The van der Waals surface area contributed by atoms with E-state index in [9.17, 15) is 0 Å². The number of para-hydroxylation sites is 1. The molecule has 90 valence electrons. The first-order valence-electron chi connectivity index (χ1n) is 6.08. The minimum absolute atomic E-state index is 0.687. The van der Waals surface area contributed by atoms with E-state index in [1.807, 2.05) is 19.2 Å². The number of hydrogen-bond donors (Lipinski definition) is 1. The molecule has 1 fully saturated rings. The van der Waals surface area contributed by atoms with Crippen LogP contribution in [0.15, 0.2) is 22.6 Å². The molecule has 1 aromatic heterocycles. The zero-order chi connectivity index (χ0) is 11.8. The maximum Gasteiger partial charge on any atom is 0.176 e. The van der Waals surface area contributed by atoms with Crippen molar-refractivity contribution in [1.82, 2.24) is 5.32 Å². The molecule has 3 rings (SSSR count). The van der Waals surface area contributed by atoms with E-state index in [0.29, 0.717) is 5.92 Å². The summed E-state index contributed by atoms with van der Waals surface area (Å²) in [5.74, 6) is 2.58. The van der Waals surface area contributed by atoms with Gasteiger partial charge in [0.05, 0.1) is 13.7 Å². The summed E-state index contributed by atoms with van der Waals surface area (Å²) in [6.07, 6.45) is 2.56. The van der Waals surface area contributed by atoms with E-state index in [1.54, 1.807) is 7.11 Å². The van der Waals surface area contributed by atoms with Gasteiger partial charge in [0.15, 0.2) is 11.3 Å². The van der Waals surface area contributed by atoms with Gasteiger partial charge >= 0.3 is 0 Å². The second kappa shape index (κ2) is 4.08. The molecule has 17 heavy (non-hydrogen) atoms. The van der Waals surface area contributed by atoms with Crippen LogP contribution in [-0.4, -0.2) is 14.2 Å². The molecule has 3 nitrogen and oxygen atoms in total. The number of fused-ring (bicyclic) bond motifs is 1. The predicted octanol–water partition coefficient (Wildman–Crippen LogP) is 3.04. The van der Waals surface area contributed by atoms with Crippen LogP contribution in [0.2, 0.25) is 0 Å². The molecule has 0 spiro atoms. The SMILES string of the molecule is CNCc1oc2c(OC)cccc2c1C1CC1. The lowest BCUT2D eigenvalue weighted by Crippen LogP contribution is -2.05. The van der Waals surface area contributed by atoms with Gasteiger partial charge in [-0.15, -0.1) is 0 Å². The van der Waals surface area contributed by atoms with Gasteiger partial charge < -0.3 is 14.5 Å². The van der Waals surface area contributed by atoms with Crippen LogP contribution >= 0.6 is 0 Å². The van der Waals surface area contributed by atoms with Crippen molar-refractivity contribution in [2.24, 2.45) is 0 Å². The summed E-state index contributed by atoms with van der Waals surface area (Å²) in [4.78, 5) is 0. The molecule has 1 N–H and O–H groups in total. The highest BCUT2D eigenvalue weighted by atomic mass is 16.5. The number of methoxy groups -OCH3 is 1. The van der Waals surface area contributed by atoms with Crippen molar-refractivity contribution in [3.63, 3.8) is 0 Å². The highest BCUT2D eigenvalue weighted by Crippen LogP contribution is 2.47. The highest BCUT2D eigenvalue weighted by Gasteiger charge is 2.31. The summed E-state index contributed by atoms with van der Waals surface area (Å²) >= 11 is 0. The number of ether oxygens (including phenoxy) is 1. The van der Waals surface area contributed by atoms with Crippen LogP contribution in [0.5, 0.6) is 5.75 Å². The Kier molecular flexibility index (Phi) is 2.56. The summed E-state index contributed by atoms with van der Waals surface area (Å²) in [5.41, 5.74) is 2.27. The molecule has 1 saturated carbocycles. The number of benzene rings is 1. The van der Waals surface area contributed by atoms with Crippen LogP contribution in [0.25, 0.3) is 11.0 Å². The maximum atomic E-state index is 5.98. The largest absolute Gasteiger partial charge is 0.493 e. The Morgan fingerprint density at radius 2 is 2.24 bits per heavy atom. The van der Waals surface area contributed by atoms with Gasteiger partial charge in [0.25, 0.3) is 0 Å². The van der Waals surface area contributed by atoms with Gasteiger partial charge in [0, 0.05) is 10.9 Å². The zero-order valence-corrected chi connectivity index (χ0v) is 10.2. The Labute approximate surface area is 101 Å². The molecular weight excluding hydrogens is 214 g/mol. The number of nitrogens with one attached hydrogen (secondary N) is 1. The van der Waals surface area contributed by atoms with E-state index in [-0.39, 0.29) is 0 Å². The van der Waals surface area contributed by atoms with E-state index >= 15 is 0 Å². The van der Waals surface area contributed by atoms with Crippen LogP contribution in [0, 0.1) is 0 Å². The summed E-state index contributed by atoms with van der Waals surface area (Å²) in [5, 5.41) is 4.39. The summed E-state index contributed by atoms with van der Waals surface area (Å²) in [6, 6.07) is 6.12. The Morgan fingerprint density at radius 1 is 1.41 bits per heavy atom. The fourth-order valence-corrected chi connectivity index (χ4v) is 2.43. The average Bonchev–Trinajstić information content (AvgIpc) is 3.11. The van der Waals surface area contributed by atoms with Crippen molar-refractivity contribution < 1.29 is 9.15 Å². The van der Waals surface area contributed by atoms with Crippen molar-refractivity contribution in [3.8, 4) is 5.75 Å². The van der Waals surface area contributed by atoms with Gasteiger partial charge in [-0.05, 0) is 31.9 Å². The third kappa shape index (κ3) is 1.71. The normalized spacial score (nSPS) is 15.4. The fourth-order valence-electron chi connectivity index (χ4n) is 2.43. The minimum atomic E-state index is 0.687. The van der Waals surface area contributed by atoms with E-state index in [4.69, 9.17) is 9.15 Å². The molecule has 2 aromatic rings. The van der Waals surface area contributed by atoms with Crippen molar-refractivity contribution in [3.05, 3.63) is 29.5 Å². The summed E-state index contributed by atoms with van der Waals surface area (Å²) < 4.78 is 11.3. The second-order valence-electron chi connectivity index (χ2n) is 4.58. The maximum absolute atomic E-state index is 5.98. The van der Waals surface area contributed by atoms with Crippen molar-refractivity contribution >= 4 is 11.0 Å². The van der Waals surface area contributed by atoms with Gasteiger partial charge in [-0.2, -0.15) is 0 Å². The Hall–Kier alpha value is -1.48. The fraction of sp³-hybridized carbons (Fsp3) is 0.429. The van der Waals surface area contributed by atoms with Crippen molar-refractivity contribution in [2.45, 2.75) is 25.3 Å². The molecule has 3 heteroatoms. The standard InChI is InChI=1S/C14H17NO2/c1-15-8-12-13(9-6-7-9)10-4-3-5-11(16-2)14(10)17-12/h3-5,9,15H,6-8H2,1-2H3. The monoisotopic (exact) mass is 231 g/mol. The third-order valence-corrected chi connectivity index (χ3v) is 3.34. The lowest BCUT2D eigenvalue weighted by atomic mass is 10.1. The molecule has 1 aromatic carbocycles.